The van der Waals surface area contributed by atoms with Crippen LogP contribution in [0.25, 0.3) is 21.8 Å². The zero-order chi connectivity index (χ0) is 20.0. The summed E-state index contributed by atoms with van der Waals surface area (Å²) in [5.41, 5.74) is 7.42. The van der Waals surface area contributed by atoms with Gasteiger partial charge in [-0.15, -0.1) is 0 Å². The molecule has 0 bridgehead atoms. The Morgan fingerprint density at radius 2 is 1.64 bits per heavy atom. The SMILES string of the molecule is N[C@H](C(=O)O)C(S)C1CC(=O)N(c2c3ccccc3nc3ccccc23)C1=O. The summed E-state index contributed by atoms with van der Waals surface area (Å²) in [5.74, 6) is -3.08. The molecule has 28 heavy (non-hydrogen) atoms. The van der Waals surface area contributed by atoms with Gasteiger partial charge in [0.2, 0.25) is 11.8 Å². The van der Waals surface area contributed by atoms with E-state index in [4.69, 9.17) is 10.8 Å². The standard InChI is InChI=1S/C20H17N3O4S/c21-16(20(26)27)18(28)12-9-15(24)23(19(12)25)17-10-5-1-3-7-13(10)22-14-8-4-2-6-11(14)17/h1-8,12,16,18,28H,9,21H2,(H,26,27)/t12?,16-,18?/m0/s1. The molecule has 2 aromatic carbocycles. The zero-order valence-corrected chi connectivity index (χ0v) is 15.5. The average Bonchev–Trinajstić information content (AvgIpc) is 2.99. The third kappa shape index (κ3) is 2.81. The van der Waals surface area contributed by atoms with Crippen molar-refractivity contribution in [2.45, 2.75) is 17.7 Å². The smallest absolute Gasteiger partial charge is 0.321 e. The molecular formula is C20H17N3O4S. The first-order valence-corrected chi connectivity index (χ1v) is 9.22. The van der Waals surface area contributed by atoms with Crippen molar-refractivity contribution in [1.29, 1.82) is 0 Å². The molecule has 8 heteroatoms. The highest BCUT2D eigenvalue weighted by molar-refractivity contribution is 7.81. The van der Waals surface area contributed by atoms with E-state index >= 15 is 0 Å². The fraction of sp³-hybridized carbons (Fsp3) is 0.200. The molecule has 1 fully saturated rings. The molecule has 1 saturated heterocycles. The lowest BCUT2D eigenvalue weighted by atomic mass is 9.98. The summed E-state index contributed by atoms with van der Waals surface area (Å²) in [6.07, 6.45) is -0.140. The lowest BCUT2D eigenvalue weighted by Crippen LogP contribution is -2.45. The summed E-state index contributed by atoms with van der Waals surface area (Å²) in [4.78, 5) is 42.9. The van der Waals surface area contributed by atoms with E-state index in [9.17, 15) is 14.4 Å². The normalized spacial score (nSPS) is 19.4. The minimum absolute atomic E-state index is 0.140. The molecule has 0 spiro atoms. The number of pyridine rings is 1. The highest BCUT2D eigenvalue weighted by Crippen LogP contribution is 2.39. The molecule has 1 aliphatic rings. The number of carbonyl (C=O) groups excluding carboxylic acids is 2. The number of hydrogen-bond acceptors (Lipinski definition) is 6. The molecule has 0 saturated carbocycles. The number of aliphatic carboxylic acids is 1. The Labute approximate surface area is 165 Å². The molecule has 3 atom stereocenters. The fourth-order valence-corrected chi connectivity index (χ4v) is 3.97. The number of para-hydroxylation sites is 2. The number of carboxylic acid groups (broad SMARTS) is 1. The minimum Gasteiger partial charge on any atom is -0.480 e. The predicted molar refractivity (Wildman–Crippen MR) is 108 cm³/mol. The van der Waals surface area contributed by atoms with Crippen molar-refractivity contribution >= 4 is 57.9 Å². The van der Waals surface area contributed by atoms with Crippen LogP contribution in [-0.2, 0) is 14.4 Å². The maximum Gasteiger partial charge on any atom is 0.321 e. The van der Waals surface area contributed by atoms with Crippen LogP contribution in [0.1, 0.15) is 6.42 Å². The summed E-state index contributed by atoms with van der Waals surface area (Å²) < 4.78 is 0. The van der Waals surface area contributed by atoms with Crippen molar-refractivity contribution in [1.82, 2.24) is 4.98 Å². The molecule has 3 N–H and O–H groups in total. The predicted octanol–water partition coefficient (Wildman–Crippen LogP) is 1.98. The van der Waals surface area contributed by atoms with E-state index in [1.807, 2.05) is 36.4 Å². The molecule has 142 valence electrons. The summed E-state index contributed by atoms with van der Waals surface area (Å²) >= 11 is 4.24. The van der Waals surface area contributed by atoms with Crippen LogP contribution in [0.15, 0.2) is 48.5 Å². The minimum atomic E-state index is -1.35. The Morgan fingerprint density at radius 3 is 2.18 bits per heavy atom. The first kappa shape index (κ1) is 18.4. The maximum atomic E-state index is 13.2. The van der Waals surface area contributed by atoms with Crippen LogP contribution in [-0.4, -0.2) is 39.2 Å². The number of aromatic nitrogens is 1. The molecule has 0 aliphatic carbocycles. The van der Waals surface area contributed by atoms with Gasteiger partial charge in [0.25, 0.3) is 0 Å². The molecule has 2 heterocycles. The quantitative estimate of drug-likeness (QED) is 0.354. The van der Waals surface area contributed by atoms with Gasteiger partial charge in [-0.25, -0.2) is 9.88 Å². The Morgan fingerprint density at radius 1 is 1.11 bits per heavy atom. The second-order valence-corrected chi connectivity index (χ2v) is 7.32. The number of amides is 2. The lowest BCUT2D eigenvalue weighted by molar-refractivity contribution is -0.138. The van der Waals surface area contributed by atoms with E-state index in [1.54, 1.807) is 12.1 Å². The van der Waals surface area contributed by atoms with Gasteiger partial charge in [-0.05, 0) is 12.1 Å². The van der Waals surface area contributed by atoms with Gasteiger partial charge >= 0.3 is 5.97 Å². The molecular weight excluding hydrogens is 378 g/mol. The number of imide groups is 1. The van der Waals surface area contributed by atoms with Gasteiger partial charge in [-0.2, -0.15) is 12.6 Å². The Kier molecular flexibility index (Phi) is 4.52. The number of thiol groups is 1. The van der Waals surface area contributed by atoms with Gasteiger partial charge in [0, 0.05) is 22.4 Å². The van der Waals surface area contributed by atoms with Gasteiger partial charge in [0.15, 0.2) is 0 Å². The Hall–Kier alpha value is -2.97. The van der Waals surface area contributed by atoms with Gasteiger partial charge in [0.05, 0.1) is 22.6 Å². The second-order valence-electron chi connectivity index (χ2n) is 6.73. The Bertz CT molecular complexity index is 1080. The number of fused-ring (bicyclic) bond motifs is 2. The molecule has 1 aromatic heterocycles. The summed E-state index contributed by atoms with van der Waals surface area (Å²) in [6.45, 7) is 0. The van der Waals surface area contributed by atoms with Crippen molar-refractivity contribution in [3.63, 3.8) is 0 Å². The van der Waals surface area contributed by atoms with Crippen molar-refractivity contribution in [2.75, 3.05) is 4.90 Å². The molecule has 2 amide bonds. The number of nitrogens with two attached hydrogens (primary N) is 1. The number of rotatable bonds is 4. The fourth-order valence-electron chi connectivity index (χ4n) is 3.61. The summed E-state index contributed by atoms with van der Waals surface area (Å²) in [5, 5.41) is 9.50. The molecule has 1 aliphatic heterocycles. The Balaban J connectivity index is 1.89. The number of carbonyl (C=O) groups is 3. The van der Waals surface area contributed by atoms with Gasteiger partial charge in [-0.1, -0.05) is 36.4 Å². The number of benzene rings is 2. The summed E-state index contributed by atoms with van der Waals surface area (Å²) in [6, 6.07) is 13.2. The third-order valence-electron chi connectivity index (χ3n) is 5.03. The maximum absolute atomic E-state index is 13.2. The highest BCUT2D eigenvalue weighted by atomic mass is 32.1. The van der Waals surface area contributed by atoms with Crippen LogP contribution < -0.4 is 10.6 Å². The van der Waals surface area contributed by atoms with Gasteiger partial charge in [0.1, 0.15) is 6.04 Å². The first-order chi connectivity index (χ1) is 13.4. The molecule has 0 radical (unpaired) electrons. The monoisotopic (exact) mass is 395 g/mol. The molecule has 2 unspecified atom stereocenters. The highest BCUT2D eigenvalue weighted by Gasteiger charge is 2.46. The average molecular weight is 395 g/mol. The van der Waals surface area contributed by atoms with Crippen LogP contribution in [0, 0.1) is 5.92 Å². The topological polar surface area (TPSA) is 114 Å². The molecule has 7 nitrogen and oxygen atoms in total. The number of carboxylic acids is 1. The number of nitrogens with zero attached hydrogens (tertiary/aromatic N) is 2. The van der Waals surface area contributed by atoms with Crippen molar-refractivity contribution in [2.24, 2.45) is 11.7 Å². The van der Waals surface area contributed by atoms with Crippen molar-refractivity contribution < 1.29 is 19.5 Å². The van der Waals surface area contributed by atoms with E-state index in [0.717, 1.165) is 4.90 Å². The van der Waals surface area contributed by atoms with Crippen LogP contribution >= 0.6 is 12.6 Å². The second kappa shape index (κ2) is 6.88. The molecule has 3 aromatic rings. The van der Waals surface area contributed by atoms with E-state index < -0.39 is 35.0 Å². The van der Waals surface area contributed by atoms with Gasteiger partial charge in [-0.3, -0.25) is 14.4 Å². The lowest BCUT2D eigenvalue weighted by Gasteiger charge is -2.22. The number of anilines is 1. The molecule has 4 rings (SSSR count). The van der Waals surface area contributed by atoms with E-state index in [0.29, 0.717) is 27.5 Å². The van der Waals surface area contributed by atoms with Crippen LogP contribution in [0.5, 0.6) is 0 Å². The zero-order valence-electron chi connectivity index (χ0n) is 14.6. The summed E-state index contributed by atoms with van der Waals surface area (Å²) in [7, 11) is 0. The van der Waals surface area contributed by atoms with Gasteiger partial charge < -0.3 is 10.8 Å². The van der Waals surface area contributed by atoms with E-state index in [-0.39, 0.29) is 6.42 Å². The van der Waals surface area contributed by atoms with Crippen LogP contribution in [0.4, 0.5) is 5.69 Å². The van der Waals surface area contributed by atoms with Crippen LogP contribution in [0.3, 0.4) is 0 Å². The number of hydrogen-bond donors (Lipinski definition) is 3. The van der Waals surface area contributed by atoms with Crippen molar-refractivity contribution in [3.05, 3.63) is 48.5 Å². The van der Waals surface area contributed by atoms with Crippen LogP contribution in [0.2, 0.25) is 0 Å². The van der Waals surface area contributed by atoms with E-state index in [2.05, 4.69) is 17.6 Å². The largest absolute Gasteiger partial charge is 0.480 e. The van der Waals surface area contributed by atoms with E-state index in [1.165, 1.54) is 0 Å². The first-order valence-electron chi connectivity index (χ1n) is 8.71. The van der Waals surface area contributed by atoms with Crippen molar-refractivity contribution in [3.8, 4) is 0 Å². The third-order valence-corrected chi connectivity index (χ3v) is 5.71.